The predicted octanol–water partition coefficient (Wildman–Crippen LogP) is 1.85. The number of anilines is 1. The standard InChI is InChI=1S/C14H19ClN6O2S/c1-8(2)13-18-14-10(4-3-5-21(14)19-13)20-24(22,23)11-6-9(15)7-17-12(11)16/h6-8,10,20H,3-5H2,1-2H3,(H2,16,17)/t10-/m1/s1. The molecule has 3 N–H and O–H groups in total. The number of pyridine rings is 1. The maximum absolute atomic E-state index is 12.7. The van der Waals surface area contributed by atoms with Gasteiger partial charge in [-0.25, -0.2) is 27.8 Å². The topological polar surface area (TPSA) is 116 Å². The number of halogens is 1. The van der Waals surface area contributed by atoms with E-state index in [1.807, 2.05) is 13.8 Å². The Hall–Kier alpha value is -1.71. The third-order valence-corrected chi connectivity index (χ3v) is 5.55. The summed E-state index contributed by atoms with van der Waals surface area (Å²) >= 11 is 5.85. The van der Waals surface area contributed by atoms with Crippen molar-refractivity contribution in [2.45, 2.75) is 50.1 Å². The third kappa shape index (κ3) is 3.24. The first-order valence-corrected chi connectivity index (χ1v) is 9.52. The maximum Gasteiger partial charge on any atom is 0.244 e. The molecule has 24 heavy (non-hydrogen) atoms. The molecule has 0 unspecified atom stereocenters. The number of hydrogen-bond donors (Lipinski definition) is 2. The Morgan fingerprint density at radius 2 is 2.21 bits per heavy atom. The van der Waals surface area contributed by atoms with Crippen LogP contribution >= 0.6 is 11.6 Å². The number of nitrogen functional groups attached to an aromatic ring is 1. The highest BCUT2D eigenvalue weighted by Gasteiger charge is 2.30. The molecule has 1 aliphatic rings. The highest BCUT2D eigenvalue weighted by molar-refractivity contribution is 7.89. The minimum absolute atomic E-state index is 0.0907. The Morgan fingerprint density at radius 1 is 1.46 bits per heavy atom. The molecule has 0 bridgehead atoms. The van der Waals surface area contributed by atoms with Gasteiger partial charge in [-0.2, -0.15) is 5.10 Å². The molecule has 10 heteroatoms. The molecule has 1 aliphatic heterocycles. The molecule has 1 atom stereocenters. The number of sulfonamides is 1. The number of hydrogen-bond acceptors (Lipinski definition) is 6. The van der Waals surface area contributed by atoms with Gasteiger partial charge >= 0.3 is 0 Å². The summed E-state index contributed by atoms with van der Waals surface area (Å²) < 4.78 is 29.8. The second-order valence-corrected chi connectivity index (χ2v) is 8.18. The van der Waals surface area contributed by atoms with Gasteiger partial charge in [0, 0.05) is 18.7 Å². The average Bonchev–Trinajstić information content (AvgIpc) is 2.95. The van der Waals surface area contributed by atoms with Crippen LogP contribution in [0.5, 0.6) is 0 Å². The molecular formula is C14H19ClN6O2S. The summed E-state index contributed by atoms with van der Waals surface area (Å²) in [5.41, 5.74) is 5.70. The normalized spacial score (nSPS) is 17.9. The average molecular weight is 371 g/mol. The summed E-state index contributed by atoms with van der Waals surface area (Å²) in [7, 11) is -3.87. The van der Waals surface area contributed by atoms with Gasteiger partial charge in [-0.05, 0) is 18.9 Å². The summed E-state index contributed by atoms with van der Waals surface area (Å²) in [4.78, 5) is 8.18. The van der Waals surface area contributed by atoms with Gasteiger partial charge in [0.05, 0.1) is 11.1 Å². The van der Waals surface area contributed by atoms with Gasteiger partial charge in [-0.15, -0.1) is 0 Å². The zero-order valence-electron chi connectivity index (χ0n) is 13.4. The van der Waals surface area contributed by atoms with E-state index in [2.05, 4.69) is 19.8 Å². The molecule has 0 spiro atoms. The van der Waals surface area contributed by atoms with Crippen LogP contribution in [0.25, 0.3) is 0 Å². The summed E-state index contributed by atoms with van der Waals surface area (Å²) in [5.74, 6) is 1.42. The summed E-state index contributed by atoms with van der Waals surface area (Å²) in [6.45, 7) is 4.73. The first-order valence-electron chi connectivity index (χ1n) is 7.66. The number of nitrogens with one attached hydrogen (secondary N) is 1. The lowest BCUT2D eigenvalue weighted by Crippen LogP contribution is -2.33. The van der Waals surface area contributed by atoms with E-state index in [9.17, 15) is 8.42 Å². The molecule has 0 radical (unpaired) electrons. The maximum atomic E-state index is 12.7. The minimum atomic E-state index is -3.87. The Bertz CT molecular complexity index is 864. The summed E-state index contributed by atoms with van der Waals surface area (Å²) in [5, 5.41) is 4.65. The van der Waals surface area contributed by atoms with Crippen LogP contribution in [0.4, 0.5) is 5.82 Å². The van der Waals surface area contributed by atoms with Gasteiger partial charge in [-0.1, -0.05) is 25.4 Å². The Morgan fingerprint density at radius 3 is 2.92 bits per heavy atom. The van der Waals surface area contributed by atoms with E-state index in [0.29, 0.717) is 18.1 Å². The second-order valence-electron chi connectivity index (χ2n) is 6.06. The molecule has 8 nitrogen and oxygen atoms in total. The van der Waals surface area contributed by atoms with E-state index in [-0.39, 0.29) is 21.7 Å². The smallest absolute Gasteiger partial charge is 0.244 e. The first-order chi connectivity index (χ1) is 11.3. The Balaban J connectivity index is 1.93. The summed E-state index contributed by atoms with van der Waals surface area (Å²) in [6.07, 6.45) is 2.76. The summed E-state index contributed by atoms with van der Waals surface area (Å²) in [6, 6.07) is 0.835. The largest absolute Gasteiger partial charge is 0.383 e. The van der Waals surface area contributed by atoms with Crippen LogP contribution in [0.15, 0.2) is 17.2 Å². The van der Waals surface area contributed by atoms with Crippen molar-refractivity contribution < 1.29 is 8.42 Å². The van der Waals surface area contributed by atoms with Gasteiger partial charge in [0.2, 0.25) is 10.0 Å². The molecule has 0 fully saturated rings. The van der Waals surface area contributed by atoms with Crippen LogP contribution in [0.2, 0.25) is 5.02 Å². The van der Waals surface area contributed by atoms with E-state index in [1.165, 1.54) is 12.3 Å². The molecule has 3 heterocycles. The molecule has 0 aromatic carbocycles. The molecule has 0 aliphatic carbocycles. The highest BCUT2D eigenvalue weighted by Crippen LogP contribution is 2.28. The monoisotopic (exact) mass is 370 g/mol. The van der Waals surface area contributed by atoms with Crippen molar-refractivity contribution in [2.75, 3.05) is 5.73 Å². The lowest BCUT2D eigenvalue weighted by atomic mass is 10.1. The van der Waals surface area contributed by atoms with Crippen LogP contribution in [-0.2, 0) is 16.6 Å². The minimum Gasteiger partial charge on any atom is -0.383 e. The van der Waals surface area contributed by atoms with Gasteiger partial charge in [-0.3, -0.25) is 0 Å². The second kappa shape index (κ2) is 6.30. The predicted molar refractivity (Wildman–Crippen MR) is 90.1 cm³/mol. The molecule has 130 valence electrons. The van der Waals surface area contributed by atoms with Crippen molar-refractivity contribution in [2.24, 2.45) is 0 Å². The van der Waals surface area contributed by atoms with E-state index < -0.39 is 16.1 Å². The quantitative estimate of drug-likeness (QED) is 0.848. The van der Waals surface area contributed by atoms with E-state index in [0.717, 1.165) is 13.0 Å². The lowest BCUT2D eigenvalue weighted by Gasteiger charge is -2.23. The molecule has 3 rings (SSSR count). The van der Waals surface area contributed by atoms with Crippen LogP contribution < -0.4 is 10.5 Å². The van der Waals surface area contributed by atoms with Gasteiger partial charge in [0.15, 0.2) is 5.82 Å². The van der Waals surface area contributed by atoms with Crippen LogP contribution in [0.3, 0.4) is 0 Å². The fraction of sp³-hybridized carbons (Fsp3) is 0.500. The Kier molecular flexibility index (Phi) is 4.50. The van der Waals surface area contributed by atoms with Crippen molar-refractivity contribution in [3.63, 3.8) is 0 Å². The van der Waals surface area contributed by atoms with Crippen molar-refractivity contribution >= 4 is 27.4 Å². The van der Waals surface area contributed by atoms with E-state index in [1.54, 1.807) is 4.68 Å². The Labute approximate surface area is 145 Å². The van der Waals surface area contributed by atoms with Crippen molar-refractivity contribution in [1.82, 2.24) is 24.5 Å². The third-order valence-electron chi connectivity index (χ3n) is 3.84. The lowest BCUT2D eigenvalue weighted by molar-refractivity contribution is 0.399. The van der Waals surface area contributed by atoms with Crippen LogP contribution in [0, 0.1) is 0 Å². The van der Waals surface area contributed by atoms with E-state index in [4.69, 9.17) is 17.3 Å². The molecule has 0 saturated heterocycles. The number of aromatic nitrogens is 4. The van der Waals surface area contributed by atoms with Gasteiger partial charge in [0.25, 0.3) is 0 Å². The van der Waals surface area contributed by atoms with Crippen molar-refractivity contribution in [3.05, 3.63) is 28.9 Å². The number of nitrogens with two attached hydrogens (primary N) is 1. The van der Waals surface area contributed by atoms with Crippen molar-refractivity contribution in [1.29, 1.82) is 0 Å². The molecule has 2 aromatic rings. The first kappa shape index (κ1) is 17.1. The number of aryl methyl sites for hydroxylation is 1. The SMILES string of the molecule is CC(C)c1nc2n(n1)CCC[C@H]2NS(=O)(=O)c1cc(Cl)cnc1N. The highest BCUT2D eigenvalue weighted by atomic mass is 35.5. The molecule has 2 aromatic heterocycles. The van der Waals surface area contributed by atoms with Crippen LogP contribution in [-0.4, -0.2) is 28.2 Å². The molecule has 0 amide bonds. The zero-order valence-corrected chi connectivity index (χ0v) is 15.0. The molecule has 0 saturated carbocycles. The fourth-order valence-electron chi connectivity index (χ4n) is 2.62. The van der Waals surface area contributed by atoms with Gasteiger partial charge in [0.1, 0.15) is 16.5 Å². The number of fused-ring (bicyclic) bond motifs is 1. The number of nitrogens with zero attached hydrogens (tertiary/aromatic N) is 4. The van der Waals surface area contributed by atoms with Crippen LogP contribution in [0.1, 0.15) is 50.3 Å². The van der Waals surface area contributed by atoms with Crippen molar-refractivity contribution in [3.8, 4) is 0 Å². The number of rotatable bonds is 4. The zero-order chi connectivity index (χ0) is 17.5. The van der Waals surface area contributed by atoms with Gasteiger partial charge < -0.3 is 5.73 Å². The fourth-order valence-corrected chi connectivity index (χ4v) is 4.18. The van der Waals surface area contributed by atoms with E-state index >= 15 is 0 Å². The molecular weight excluding hydrogens is 352 g/mol.